The van der Waals surface area contributed by atoms with Gasteiger partial charge in [0.25, 0.3) is 0 Å². The molecule has 1 aromatic rings. The summed E-state index contributed by atoms with van der Waals surface area (Å²) in [6, 6.07) is 7.77. The second-order valence-electron chi connectivity index (χ2n) is 6.33. The van der Waals surface area contributed by atoms with E-state index in [1.165, 1.54) is 32.1 Å². The average Bonchev–Trinajstić information content (AvgIpc) is 2.47. The minimum Gasteiger partial charge on any atom is -0.489 e. The van der Waals surface area contributed by atoms with E-state index in [4.69, 9.17) is 4.74 Å². The van der Waals surface area contributed by atoms with E-state index < -0.39 is 0 Å². The number of rotatable bonds is 0. The lowest BCUT2D eigenvalue weighted by Crippen LogP contribution is -2.48. The van der Waals surface area contributed by atoms with E-state index in [1.807, 2.05) is 24.3 Å². The third kappa shape index (κ3) is 1.73. The van der Waals surface area contributed by atoms with Crippen molar-refractivity contribution in [2.75, 3.05) is 0 Å². The maximum atomic E-state index is 12.8. The van der Waals surface area contributed by atoms with E-state index in [1.54, 1.807) is 0 Å². The van der Waals surface area contributed by atoms with E-state index in [2.05, 4.69) is 0 Å². The Morgan fingerprint density at radius 3 is 2.79 bits per heavy atom. The maximum Gasteiger partial charge on any atom is 0.173 e. The van der Waals surface area contributed by atoms with Crippen LogP contribution in [0.25, 0.3) is 0 Å². The molecule has 2 heteroatoms. The van der Waals surface area contributed by atoms with E-state index in [0.717, 1.165) is 23.7 Å². The molecule has 100 valence electrons. The highest BCUT2D eigenvalue weighted by Crippen LogP contribution is 2.48. The first-order valence-electron chi connectivity index (χ1n) is 7.64. The van der Waals surface area contributed by atoms with Gasteiger partial charge in [0.1, 0.15) is 11.9 Å². The number of fused-ring (bicyclic) bond motifs is 4. The van der Waals surface area contributed by atoms with Gasteiger partial charge in [-0.15, -0.1) is 0 Å². The topological polar surface area (TPSA) is 26.3 Å². The number of carbonyl (C=O) groups is 1. The number of Topliss-reactive ketones (excluding diaryl/α,β-unsaturated/α-hetero) is 1. The average molecular weight is 256 g/mol. The summed E-state index contributed by atoms with van der Waals surface area (Å²) < 4.78 is 6.13. The van der Waals surface area contributed by atoms with Gasteiger partial charge in [-0.2, -0.15) is 0 Å². The van der Waals surface area contributed by atoms with Crippen LogP contribution in [0.1, 0.15) is 48.9 Å². The molecule has 4 atom stereocenters. The molecule has 0 N–H and O–H groups in total. The Morgan fingerprint density at radius 2 is 1.84 bits per heavy atom. The van der Waals surface area contributed by atoms with Crippen molar-refractivity contribution < 1.29 is 9.53 Å². The van der Waals surface area contributed by atoms with Crippen LogP contribution in [0.5, 0.6) is 5.75 Å². The van der Waals surface area contributed by atoms with Crippen molar-refractivity contribution >= 4 is 5.78 Å². The molecule has 1 aliphatic heterocycles. The quantitative estimate of drug-likeness (QED) is 0.705. The van der Waals surface area contributed by atoms with Gasteiger partial charge in [0.2, 0.25) is 0 Å². The van der Waals surface area contributed by atoms with Crippen LogP contribution >= 0.6 is 0 Å². The SMILES string of the molecule is O=C1c2ccccc2O[C@H]2CC[C@@H]3CCCC[C@@H]3[C@@H]12. The summed E-state index contributed by atoms with van der Waals surface area (Å²) in [6.07, 6.45) is 7.64. The third-order valence-corrected chi connectivity index (χ3v) is 5.39. The fraction of sp³-hybridized carbons (Fsp3) is 0.588. The fourth-order valence-corrected chi connectivity index (χ4v) is 4.51. The molecule has 4 rings (SSSR count). The molecule has 3 aliphatic rings. The van der Waals surface area contributed by atoms with Crippen molar-refractivity contribution in [1.82, 2.24) is 0 Å². The Hall–Kier alpha value is -1.31. The van der Waals surface area contributed by atoms with Crippen molar-refractivity contribution in [2.45, 2.75) is 44.6 Å². The van der Waals surface area contributed by atoms with Gasteiger partial charge >= 0.3 is 0 Å². The zero-order valence-electron chi connectivity index (χ0n) is 11.2. The first-order chi connectivity index (χ1) is 9.34. The zero-order chi connectivity index (χ0) is 12.8. The number of carbonyl (C=O) groups excluding carboxylic acids is 1. The van der Waals surface area contributed by atoms with E-state index in [0.29, 0.717) is 11.7 Å². The minimum atomic E-state index is 0.133. The van der Waals surface area contributed by atoms with Crippen molar-refractivity contribution in [1.29, 1.82) is 0 Å². The molecule has 2 aliphatic carbocycles. The summed E-state index contributed by atoms with van der Waals surface area (Å²) in [6.45, 7) is 0. The Balaban J connectivity index is 1.72. The molecule has 1 heterocycles. The van der Waals surface area contributed by atoms with Crippen LogP contribution in [0.4, 0.5) is 0 Å². The number of hydrogen-bond donors (Lipinski definition) is 0. The minimum absolute atomic E-state index is 0.133. The van der Waals surface area contributed by atoms with Crippen LogP contribution in [0.3, 0.4) is 0 Å². The summed E-state index contributed by atoms with van der Waals surface area (Å²) in [5.41, 5.74) is 0.815. The second kappa shape index (κ2) is 4.36. The van der Waals surface area contributed by atoms with Crippen molar-refractivity contribution in [3.8, 4) is 5.75 Å². The lowest BCUT2D eigenvalue weighted by Gasteiger charge is -2.46. The smallest absolute Gasteiger partial charge is 0.173 e. The van der Waals surface area contributed by atoms with Gasteiger partial charge in [0.05, 0.1) is 11.5 Å². The van der Waals surface area contributed by atoms with Crippen LogP contribution in [0.2, 0.25) is 0 Å². The molecule has 0 bridgehead atoms. The first-order valence-corrected chi connectivity index (χ1v) is 7.64. The van der Waals surface area contributed by atoms with Gasteiger partial charge in [0.15, 0.2) is 5.78 Å². The molecule has 1 aromatic carbocycles. The highest BCUT2D eigenvalue weighted by atomic mass is 16.5. The summed E-state index contributed by atoms with van der Waals surface area (Å²) >= 11 is 0. The normalized spacial score (nSPS) is 36.7. The van der Waals surface area contributed by atoms with Crippen LogP contribution < -0.4 is 4.74 Å². The summed E-state index contributed by atoms with van der Waals surface area (Å²) in [4.78, 5) is 12.8. The predicted octanol–water partition coefficient (Wildman–Crippen LogP) is 3.85. The van der Waals surface area contributed by atoms with Crippen LogP contribution in [0, 0.1) is 17.8 Å². The number of para-hydroxylation sites is 1. The van der Waals surface area contributed by atoms with Gasteiger partial charge in [-0.25, -0.2) is 0 Å². The van der Waals surface area contributed by atoms with Crippen LogP contribution in [0.15, 0.2) is 24.3 Å². The molecule has 2 fully saturated rings. The van der Waals surface area contributed by atoms with Crippen LogP contribution in [-0.4, -0.2) is 11.9 Å². The number of ether oxygens (including phenoxy) is 1. The molecule has 0 spiro atoms. The molecule has 19 heavy (non-hydrogen) atoms. The number of ketones is 1. The third-order valence-electron chi connectivity index (χ3n) is 5.39. The molecule has 0 saturated heterocycles. The Kier molecular flexibility index (Phi) is 2.64. The zero-order valence-corrected chi connectivity index (χ0v) is 11.2. The summed E-state index contributed by atoms with van der Waals surface area (Å²) in [7, 11) is 0. The van der Waals surface area contributed by atoms with E-state index >= 15 is 0 Å². The Labute approximate surface area is 114 Å². The monoisotopic (exact) mass is 256 g/mol. The predicted molar refractivity (Wildman–Crippen MR) is 73.4 cm³/mol. The van der Waals surface area contributed by atoms with Gasteiger partial charge in [-0.1, -0.05) is 31.4 Å². The van der Waals surface area contributed by atoms with Gasteiger partial charge < -0.3 is 4.74 Å². The maximum absolute atomic E-state index is 12.8. The molecule has 0 unspecified atom stereocenters. The molecule has 0 radical (unpaired) electrons. The number of benzene rings is 1. The highest BCUT2D eigenvalue weighted by molar-refractivity contribution is 6.01. The lowest BCUT2D eigenvalue weighted by molar-refractivity contribution is -0.00233. The first kappa shape index (κ1) is 11.5. The second-order valence-corrected chi connectivity index (χ2v) is 6.33. The van der Waals surface area contributed by atoms with E-state index in [9.17, 15) is 4.79 Å². The van der Waals surface area contributed by atoms with Crippen molar-refractivity contribution in [3.63, 3.8) is 0 Å². The molecular formula is C17H20O2. The Morgan fingerprint density at radius 1 is 1.00 bits per heavy atom. The molecular weight excluding hydrogens is 236 g/mol. The fourth-order valence-electron chi connectivity index (χ4n) is 4.51. The largest absolute Gasteiger partial charge is 0.489 e. The molecule has 0 amide bonds. The van der Waals surface area contributed by atoms with Gasteiger partial charge in [-0.3, -0.25) is 4.79 Å². The van der Waals surface area contributed by atoms with Crippen molar-refractivity contribution in [2.24, 2.45) is 17.8 Å². The Bertz CT molecular complexity index is 508. The van der Waals surface area contributed by atoms with Gasteiger partial charge in [0, 0.05) is 0 Å². The van der Waals surface area contributed by atoms with Gasteiger partial charge in [-0.05, 0) is 43.2 Å². The molecule has 2 nitrogen and oxygen atoms in total. The molecule has 0 aromatic heterocycles. The van der Waals surface area contributed by atoms with E-state index in [-0.39, 0.29) is 12.0 Å². The molecule has 2 saturated carbocycles. The lowest BCUT2D eigenvalue weighted by atomic mass is 9.62. The number of hydrogen-bond acceptors (Lipinski definition) is 2. The van der Waals surface area contributed by atoms with Crippen LogP contribution in [-0.2, 0) is 0 Å². The standard InChI is InChI=1S/C17H20O2/c18-17-13-7-3-4-8-14(13)19-15-10-9-11-5-1-2-6-12(11)16(15)17/h3-4,7-8,11-12,15-16H,1-2,5-6,9-10H2/t11-,12-,15-,16+/m0/s1. The highest BCUT2D eigenvalue weighted by Gasteiger charge is 2.48. The van der Waals surface area contributed by atoms with Crippen molar-refractivity contribution in [3.05, 3.63) is 29.8 Å². The summed E-state index contributed by atoms with van der Waals surface area (Å²) in [5.74, 6) is 2.64. The summed E-state index contributed by atoms with van der Waals surface area (Å²) in [5, 5.41) is 0.